The van der Waals surface area contributed by atoms with Crippen LogP contribution < -0.4 is 0 Å². The Morgan fingerprint density at radius 2 is 1.72 bits per heavy atom. The molecule has 0 aromatic rings. The summed E-state index contributed by atoms with van der Waals surface area (Å²) in [7, 11) is 1.31. The van der Waals surface area contributed by atoms with Crippen molar-refractivity contribution in [1.82, 2.24) is 0 Å². The fraction of sp³-hybridized carbons (Fsp3) is 0.792. The highest BCUT2D eigenvalue weighted by atomic mass is 16.5. The van der Waals surface area contributed by atoms with Crippen molar-refractivity contribution < 1.29 is 24.2 Å². The largest absolute Gasteiger partial charge is 0.468 e. The van der Waals surface area contributed by atoms with Crippen molar-refractivity contribution in [2.45, 2.75) is 72.8 Å². The van der Waals surface area contributed by atoms with E-state index < -0.39 is 39.5 Å². The zero-order valence-corrected chi connectivity index (χ0v) is 18.6. The molecule has 0 aliphatic heterocycles. The molecular formula is C24H34O5. The maximum absolute atomic E-state index is 13.6. The van der Waals surface area contributed by atoms with Gasteiger partial charge in [-0.15, -0.1) is 0 Å². The Kier molecular flexibility index (Phi) is 4.01. The summed E-state index contributed by atoms with van der Waals surface area (Å²) < 4.78 is 5.20. The van der Waals surface area contributed by atoms with E-state index in [0.29, 0.717) is 30.6 Å². The third-order valence-electron chi connectivity index (χ3n) is 10.1. The molecule has 0 amide bonds. The van der Waals surface area contributed by atoms with Crippen LogP contribution in [0.5, 0.6) is 0 Å². The van der Waals surface area contributed by atoms with Crippen LogP contribution in [-0.2, 0) is 19.1 Å². The van der Waals surface area contributed by atoms with Crippen molar-refractivity contribution in [1.29, 1.82) is 0 Å². The second-order valence-electron chi connectivity index (χ2n) is 11.3. The SMILES string of the molecule is C=C1[C@]2(C(=O)OC)C(=O)[C@@H](O)[C@@]1(C)C[C@@H]1[C@@]3(C)CCC(=O)C(C)(C)[C@@H]3CC[C@]12C. The van der Waals surface area contributed by atoms with E-state index in [9.17, 15) is 19.5 Å². The molecule has 0 aromatic carbocycles. The third kappa shape index (κ3) is 1.94. The fourth-order valence-corrected chi connectivity index (χ4v) is 8.39. The summed E-state index contributed by atoms with van der Waals surface area (Å²) in [4.78, 5) is 39.6. The Bertz CT molecular complexity index is 842. The maximum atomic E-state index is 13.6. The van der Waals surface area contributed by atoms with Crippen LogP contribution in [0.3, 0.4) is 0 Å². The Morgan fingerprint density at radius 3 is 2.31 bits per heavy atom. The highest BCUT2D eigenvalue weighted by Crippen LogP contribution is 2.77. The van der Waals surface area contributed by atoms with Crippen LogP contribution in [0.4, 0.5) is 0 Å². The zero-order chi connectivity index (χ0) is 21.8. The first-order chi connectivity index (χ1) is 13.3. The van der Waals surface area contributed by atoms with Crippen LogP contribution >= 0.6 is 0 Å². The number of aliphatic hydroxyl groups excluding tert-OH is 1. The topological polar surface area (TPSA) is 80.7 Å². The van der Waals surface area contributed by atoms with Gasteiger partial charge in [0.1, 0.15) is 11.9 Å². The third-order valence-corrected chi connectivity index (χ3v) is 10.1. The first-order valence-corrected chi connectivity index (χ1v) is 10.8. The molecule has 0 heterocycles. The first kappa shape index (κ1) is 20.8. The smallest absolute Gasteiger partial charge is 0.324 e. The van der Waals surface area contributed by atoms with Crippen molar-refractivity contribution in [2.24, 2.45) is 38.9 Å². The lowest BCUT2D eigenvalue weighted by Crippen LogP contribution is -2.66. The number of methoxy groups -OCH3 is 1. The van der Waals surface area contributed by atoms with Gasteiger partial charge < -0.3 is 9.84 Å². The van der Waals surface area contributed by atoms with E-state index in [4.69, 9.17) is 4.74 Å². The minimum Gasteiger partial charge on any atom is -0.468 e. The molecule has 4 rings (SSSR count). The summed E-state index contributed by atoms with van der Waals surface area (Å²) in [6.45, 7) is 14.5. The number of ether oxygens (including phenoxy) is 1. The molecule has 0 saturated heterocycles. The average Bonchev–Trinajstić information content (AvgIpc) is 2.76. The van der Waals surface area contributed by atoms with Gasteiger partial charge in [0.05, 0.1) is 7.11 Å². The predicted molar refractivity (Wildman–Crippen MR) is 108 cm³/mol. The Balaban J connectivity index is 1.97. The first-order valence-electron chi connectivity index (χ1n) is 10.8. The van der Waals surface area contributed by atoms with Gasteiger partial charge in [0, 0.05) is 17.3 Å². The molecule has 5 heteroatoms. The second-order valence-corrected chi connectivity index (χ2v) is 11.3. The highest BCUT2D eigenvalue weighted by molar-refractivity contribution is 6.13. The number of carbonyl (C=O) groups excluding carboxylic acids is 3. The monoisotopic (exact) mass is 402 g/mol. The molecule has 160 valence electrons. The van der Waals surface area contributed by atoms with E-state index >= 15 is 0 Å². The van der Waals surface area contributed by atoms with Crippen LogP contribution in [0, 0.1) is 38.9 Å². The number of fused-ring (bicyclic) bond motifs is 6. The summed E-state index contributed by atoms with van der Waals surface area (Å²) in [5, 5.41) is 11.0. The van der Waals surface area contributed by atoms with E-state index in [1.807, 2.05) is 27.7 Å². The zero-order valence-electron chi connectivity index (χ0n) is 18.6. The molecular weight excluding hydrogens is 368 g/mol. The van der Waals surface area contributed by atoms with Crippen molar-refractivity contribution in [3.05, 3.63) is 12.2 Å². The van der Waals surface area contributed by atoms with Gasteiger partial charge in [-0.2, -0.15) is 0 Å². The second kappa shape index (κ2) is 5.60. The van der Waals surface area contributed by atoms with Gasteiger partial charge in [0.2, 0.25) is 0 Å². The number of ketones is 2. The quantitative estimate of drug-likeness (QED) is 0.413. The number of hydrogen-bond acceptors (Lipinski definition) is 5. The fourth-order valence-electron chi connectivity index (χ4n) is 8.39. The van der Waals surface area contributed by atoms with Crippen molar-refractivity contribution in [3.63, 3.8) is 0 Å². The van der Waals surface area contributed by atoms with Gasteiger partial charge in [-0.25, -0.2) is 0 Å². The van der Waals surface area contributed by atoms with E-state index in [0.717, 1.165) is 12.8 Å². The van der Waals surface area contributed by atoms with Crippen LogP contribution in [0.1, 0.15) is 66.7 Å². The molecule has 4 aliphatic carbocycles. The molecule has 0 unspecified atom stereocenters. The number of carbonyl (C=O) groups is 3. The van der Waals surface area contributed by atoms with Crippen molar-refractivity contribution in [3.8, 4) is 0 Å². The van der Waals surface area contributed by atoms with Crippen LogP contribution in [0.15, 0.2) is 12.2 Å². The van der Waals surface area contributed by atoms with Crippen LogP contribution in [-0.4, -0.2) is 35.9 Å². The number of esters is 1. The Morgan fingerprint density at radius 1 is 1.10 bits per heavy atom. The van der Waals surface area contributed by atoms with E-state index in [-0.39, 0.29) is 17.3 Å². The molecule has 4 saturated carbocycles. The number of rotatable bonds is 1. The van der Waals surface area contributed by atoms with Crippen molar-refractivity contribution in [2.75, 3.05) is 7.11 Å². The van der Waals surface area contributed by atoms with Crippen LogP contribution in [0.2, 0.25) is 0 Å². The normalized spacial score (nSPS) is 50.7. The summed E-state index contributed by atoms with van der Waals surface area (Å²) in [5.74, 6) is -0.537. The number of aliphatic hydroxyl groups is 1. The van der Waals surface area contributed by atoms with Gasteiger partial charge in [-0.1, -0.05) is 41.2 Å². The summed E-state index contributed by atoms with van der Waals surface area (Å²) in [6, 6.07) is 0. The van der Waals surface area contributed by atoms with Gasteiger partial charge in [-0.3, -0.25) is 14.4 Å². The van der Waals surface area contributed by atoms with E-state index in [2.05, 4.69) is 13.5 Å². The molecule has 2 bridgehead atoms. The lowest BCUT2D eigenvalue weighted by molar-refractivity contribution is -0.198. The standard InChI is InChI=1S/C24H34O5/c1-13-22(5)12-15-21(4)10-9-16(25)20(2,3)14(21)8-11-23(15,6)24(13,19(28)29-7)18(27)17(22)26/h14-15,17,26H,1,8-12H2,2-7H3/t14-,15+,17+,21-,22-,23+,24+/m0/s1. The molecule has 0 spiro atoms. The molecule has 29 heavy (non-hydrogen) atoms. The Hall–Kier alpha value is -1.49. The molecule has 0 radical (unpaired) electrons. The maximum Gasteiger partial charge on any atom is 0.324 e. The van der Waals surface area contributed by atoms with Crippen molar-refractivity contribution >= 4 is 17.5 Å². The number of Topliss-reactive ketones (excluding diaryl/α,β-unsaturated/α-hetero) is 2. The number of hydrogen-bond donors (Lipinski definition) is 1. The van der Waals surface area contributed by atoms with Gasteiger partial charge in [0.25, 0.3) is 0 Å². The lowest BCUT2D eigenvalue weighted by Gasteiger charge is -2.67. The molecule has 4 fully saturated rings. The summed E-state index contributed by atoms with van der Waals surface area (Å²) in [5.41, 5.74) is -3.17. The van der Waals surface area contributed by atoms with Gasteiger partial charge >= 0.3 is 5.97 Å². The molecule has 4 aliphatic rings. The van der Waals surface area contributed by atoms with E-state index in [1.165, 1.54) is 7.11 Å². The van der Waals surface area contributed by atoms with E-state index in [1.54, 1.807) is 0 Å². The summed E-state index contributed by atoms with van der Waals surface area (Å²) >= 11 is 0. The molecule has 0 aromatic heterocycles. The lowest BCUT2D eigenvalue weighted by atomic mass is 9.35. The van der Waals surface area contributed by atoms with Crippen LogP contribution in [0.25, 0.3) is 0 Å². The minimum atomic E-state index is -1.52. The Labute approximate surface area is 173 Å². The predicted octanol–water partition coefficient (Wildman–Crippen LogP) is 3.48. The molecule has 5 nitrogen and oxygen atoms in total. The average molecular weight is 403 g/mol. The molecule has 1 N–H and O–H groups in total. The van der Waals surface area contributed by atoms with Gasteiger partial charge in [-0.05, 0) is 53.9 Å². The summed E-state index contributed by atoms with van der Waals surface area (Å²) in [6.07, 6.45) is 2.03. The van der Waals surface area contributed by atoms with Gasteiger partial charge in [0.15, 0.2) is 11.2 Å². The molecule has 7 atom stereocenters. The minimum absolute atomic E-state index is 0.0109. The highest BCUT2D eigenvalue weighted by Gasteiger charge is 2.80.